The summed E-state index contributed by atoms with van der Waals surface area (Å²) >= 11 is 0. The molecule has 0 N–H and O–H groups in total. The van der Waals surface area contributed by atoms with Crippen molar-refractivity contribution in [2.75, 3.05) is 0 Å². The molecule has 1 aliphatic rings. The Morgan fingerprint density at radius 3 is 2.24 bits per heavy atom. The molecule has 0 fully saturated rings. The summed E-state index contributed by atoms with van der Waals surface area (Å²) in [5.74, 6) is 0. The van der Waals surface area contributed by atoms with Crippen LogP contribution in [0.5, 0.6) is 0 Å². The first kappa shape index (κ1) is 12.2. The molecule has 0 saturated heterocycles. The molecule has 0 nitrogen and oxygen atoms in total. The largest absolute Gasteiger partial charge is 0.416 e. The maximum absolute atomic E-state index is 12.4. The third kappa shape index (κ3) is 2.54. The predicted molar refractivity (Wildman–Crippen MR) is 61.8 cm³/mol. The Morgan fingerprint density at radius 1 is 1.12 bits per heavy atom. The first-order valence-electron chi connectivity index (χ1n) is 5.77. The minimum Gasteiger partial charge on any atom is -0.166 e. The van der Waals surface area contributed by atoms with Gasteiger partial charge in [0.25, 0.3) is 0 Å². The topological polar surface area (TPSA) is 0 Å². The van der Waals surface area contributed by atoms with Gasteiger partial charge in [-0.2, -0.15) is 13.2 Å². The molecule has 1 aliphatic carbocycles. The van der Waals surface area contributed by atoms with Crippen molar-refractivity contribution in [3.8, 4) is 0 Å². The van der Waals surface area contributed by atoms with Crippen molar-refractivity contribution in [2.24, 2.45) is 0 Å². The van der Waals surface area contributed by atoms with E-state index in [0.29, 0.717) is 0 Å². The van der Waals surface area contributed by atoms with Crippen LogP contribution in [-0.4, -0.2) is 0 Å². The van der Waals surface area contributed by atoms with E-state index in [-0.39, 0.29) is 5.41 Å². The van der Waals surface area contributed by atoms with E-state index in [1.165, 1.54) is 12.1 Å². The predicted octanol–water partition coefficient (Wildman–Crippen LogP) is 4.70. The maximum atomic E-state index is 12.4. The van der Waals surface area contributed by atoms with E-state index >= 15 is 0 Å². The van der Waals surface area contributed by atoms with Crippen molar-refractivity contribution in [1.82, 2.24) is 0 Å². The number of rotatable bonds is 1. The second-order valence-electron chi connectivity index (χ2n) is 4.79. The Bertz CT molecular complexity index is 414. The molecule has 0 heterocycles. The van der Waals surface area contributed by atoms with Crippen LogP contribution in [-0.2, 0) is 11.6 Å². The minimum atomic E-state index is -4.25. The van der Waals surface area contributed by atoms with E-state index in [0.717, 1.165) is 24.8 Å². The van der Waals surface area contributed by atoms with Crippen molar-refractivity contribution < 1.29 is 13.2 Å². The van der Waals surface area contributed by atoms with Gasteiger partial charge in [0.05, 0.1) is 5.56 Å². The number of halogens is 3. The lowest BCUT2D eigenvalue weighted by molar-refractivity contribution is -0.137. The molecule has 1 aromatic rings. The Morgan fingerprint density at radius 2 is 1.76 bits per heavy atom. The van der Waals surface area contributed by atoms with Crippen LogP contribution in [0.4, 0.5) is 13.2 Å². The molecule has 0 saturated carbocycles. The van der Waals surface area contributed by atoms with E-state index in [1.807, 2.05) is 0 Å². The molecule has 0 radical (unpaired) electrons. The smallest absolute Gasteiger partial charge is 0.166 e. The summed E-state index contributed by atoms with van der Waals surface area (Å²) in [7, 11) is 0. The third-order valence-corrected chi connectivity index (χ3v) is 3.42. The number of hydrogen-bond donors (Lipinski definition) is 0. The normalized spacial score (nSPS) is 24.9. The standard InChI is InChI=1S/C14H15F3/c1-13(9-3-2-4-10-13)11-5-7-12(8-6-11)14(15,16)17/h3,5-9H,2,4,10H2,1H3/t13-/m0/s1. The number of hydrogen-bond acceptors (Lipinski definition) is 0. The molecule has 0 unspecified atom stereocenters. The van der Waals surface area contributed by atoms with Gasteiger partial charge >= 0.3 is 6.18 Å². The van der Waals surface area contributed by atoms with Crippen LogP contribution >= 0.6 is 0 Å². The Labute approximate surface area is 99.2 Å². The van der Waals surface area contributed by atoms with E-state index < -0.39 is 11.7 Å². The molecule has 92 valence electrons. The quantitative estimate of drug-likeness (QED) is 0.624. The van der Waals surface area contributed by atoms with Gasteiger partial charge in [0.1, 0.15) is 0 Å². The van der Waals surface area contributed by atoms with Crippen LogP contribution in [0.15, 0.2) is 36.4 Å². The fourth-order valence-electron chi connectivity index (χ4n) is 2.29. The molecule has 0 amide bonds. The van der Waals surface area contributed by atoms with Crippen LogP contribution in [0.25, 0.3) is 0 Å². The lowest BCUT2D eigenvalue weighted by Crippen LogP contribution is -2.21. The second-order valence-corrected chi connectivity index (χ2v) is 4.79. The van der Waals surface area contributed by atoms with Crippen molar-refractivity contribution in [1.29, 1.82) is 0 Å². The van der Waals surface area contributed by atoms with E-state index in [4.69, 9.17) is 0 Å². The van der Waals surface area contributed by atoms with Crippen LogP contribution < -0.4 is 0 Å². The van der Waals surface area contributed by atoms with E-state index in [2.05, 4.69) is 19.1 Å². The van der Waals surface area contributed by atoms with E-state index in [9.17, 15) is 13.2 Å². The fourth-order valence-corrected chi connectivity index (χ4v) is 2.29. The fraction of sp³-hybridized carbons (Fsp3) is 0.429. The lowest BCUT2D eigenvalue weighted by Gasteiger charge is -2.29. The van der Waals surface area contributed by atoms with Crippen molar-refractivity contribution in [2.45, 2.75) is 37.8 Å². The number of benzene rings is 1. The highest BCUT2D eigenvalue weighted by molar-refractivity contribution is 5.34. The average Bonchev–Trinajstić information content (AvgIpc) is 2.29. The molecule has 17 heavy (non-hydrogen) atoms. The van der Waals surface area contributed by atoms with Gasteiger partial charge < -0.3 is 0 Å². The first-order valence-corrected chi connectivity index (χ1v) is 5.77. The lowest BCUT2D eigenvalue weighted by atomic mass is 9.75. The maximum Gasteiger partial charge on any atom is 0.416 e. The van der Waals surface area contributed by atoms with E-state index in [1.54, 1.807) is 12.1 Å². The average molecular weight is 240 g/mol. The summed E-state index contributed by atoms with van der Waals surface area (Å²) in [6.45, 7) is 2.07. The SMILES string of the molecule is C[C@]1(c2ccc(C(F)(F)F)cc2)C=CCCC1. The third-order valence-electron chi connectivity index (χ3n) is 3.42. The highest BCUT2D eigenvalue weighted by Crippen LogP contribution is 2.36. The molecule has 0 aromatic heterocycles. The molecular formula is C14H15F3. The molecule has 2 rings (SSSR count). The van der Waals surface area contributed by atoms with Gasteiger partial charge in [-0.1, -0.05) is 31.2 Å². The summed E-state index contributed by atoms with van der Waals surface area (Å²) in [6.07, 6.45) is 3.13. The van der Waals surface area contributed by atoms with Gasteiger partial charge in [0.15, 0.2) is 0 Å². The summed E-state index contributed by atoms with van der Waals surface area (Å²) in [6, 6.07) is 5.53. The van der Waals surface area contributed by atoms with Crippen molar-refractivity contribution in [3.63, 3.8) is 0 Å². The van der Waals surface area contributed by atoms with Gasteiger partial charge in [0, 0.05) is 5.41 Å². The van der Waals surface area contributed by atoms with Crippen LogP contribution in [0.3, 0.4) is 0 Å². The Kier molecular flexibility index (Phi) is 3.02. The summed E-state index contributed by atoms with van der Waals surface area (Å²) in [4.78, 5) is 0. The molecule has 1 aromatic carbocycles. The number of allylic oxidation sites excluding steroid dienone is 2. The zero-order valence-electron chi connectivity index (χ0n) is 9.72. The molecule has 3 heteroatoms. The second kappa shape index (κ2) is 4.21. The van der Waals surface area contributed by atoms with Gasteiger partial charge in [-0.15, -0.1) is 0 Å². The molecule has 0 spiro atoms. The zero-order valence-corrected chi connectivity index (χ0v) is 9.72. The van der Waals surface area contributed by atoms with Gasteiger partial charge in [-0.3, -0.25) is 0 Å². The highest BCUT2D eigenvalue weighted by atomic mass is 19.4. The Balaban J connectivity index is 2.29. The van der Waals surface area contributed by atoms with Gasteiger partial charge in [0.2, 0.25) is 0 Å². The zero-order chi connectivity index (χ0) is 12.5. The summed E-state index contributed by atoms with van der Waals surface area (Å²) in [5, 5.41) is 0. The molecule has 0 bridgehead atoms. The highest BCUT2D eigenvalue weighted by Gasteiger charge is 2.31. The number of alkyl halides is 3. The van der Waals surface area contributed by atoms with Crippen LogP contribution in [0.1, 0.15) is 37.3 Å². The molecule has 1 atom stereocenters. The monoisotopic (exact) mass is 240 g/mol. The van der Waals surface area contributed by atoms with Gasteiger partial charge in [-0.25, -0.2) is 0 Å². The summed E-state index contributed by atoms with van der Waals surface area (Å²) < 4.78 is 37.3. The van der Waals surface area contributed by atoms with Crippen LogP contribution in [0.2, 0.25) is 0 Å². The Hall–Kier alpha value is -1.25. The van der Waals surface area contributed by atoms with Gasteiger partial charge in [-0.05, 0) is 37.0 Å². The van der Waals surface area contributed by atoms with Crippen molar-refractivity contribution >= 4 is 0 Å². The van der Waals surface area contributed by atoms with Crippen LogP contribution in [0, 0.1) is 0 Å². The van der Waals surface area contributed by atoms with Crippen molar-refractivity contribution in [3.05, 3.63) is 47.5 Å². The first-order chi connectivity index (χ1) is 7.92. The molecular weight excluding hydrogens is 225 g/mol. The summed E-state index contributed by atoms with van der Waals surface area (Å²) in [5.41, 5.74) is 0.272. The molecule has 0 aliphatic heterocycles. The minimum absolute atomic E-state index is 0.109.